The van der Waals surface area contributed by atoms with E-state index in [0.717, 1.165) is 38.5 Å². The summed E-state index contributed by atoms with van der Waals surface area (Å²) in [6, 6.07) is 0. The first-order valence-corrected chi connectivity index (χ1v) is 19.8. The molecule has 0 aromatic heterocycles. The topological polar surface area (TPSA) is 131 Å². The Morgan fingerprint density at radius 2 is 1.20 bits per heavy atom. The maximum absolute atomic E-state index is 11.9. The normalized spacial score (nSPS) is 13.7. The largest absolute Gasteiger partial charge is 0.472 e. The third kappa shape index (κ3) is 33.8. The van der Waals surface area contributed by atoms with Gasteiger partial charge in [0.15, 0.2) is 0 Å². The number of phosphoric acid groups is 1. The second-order valence-electron chi connectivity index (χ2n) is 12.2. The highest BCUT2D eigenvalue weighted by molar-refractivity contribution is 7.47. The lowest BCUT2D eigenvalue weighted by Crippen LogP contribution is -2.27. The summed E-state index contributed by atoms with van der Waals surface area (Å²) in [6.45, 7) is 3.27. The van der Waals surface area contributed by atoms with Crippen LogP contribution in [0.15, 0.2) is 24.3 Å². The zero-order valence-electron chi connectivity index (χ0n) is 29.3. The molecule has 0 aliphatic rings. The van der Waals surface area contributed by atoms with Crippen LogP contribution in [0, 0.1) is 0 Å². The summed E-state index contributed by atoms with van der Waals surface area (Å²) >= 11 is 0. The van der Waals surface area contributed by atoms with Gasteiger partial charge in [0.1, 0.15) is 12.7 Å². The van der Waals surface area contributed by atoms with Gasteiger partial charge in [-0.25, -0.2) is 4.57 Å². The molecule has 0 fully saturated rings. The van der Waals surface area contributed by atoms with Crippen LogP contribution in [0.2, 0.25) is 0 Å². The van der Waals surface area contributed by atoms with Crippen molar-refractivity contribution in [2.45, 2.75) is 168 Å². The zero-order chi connectivity index (χ0) is 34.0. The Morgan fingerprint density at radius 3 is 1.76 bits per heavy atom. The number of ether oxygens (including phenoxy) is 1. The van der Waals surface area contributed by atoms with Gasteiger partial charge in [0, 0.05) is 19.4 Å². The quantitative estimate of drug-likeness (QED) is 0.0267. The number of hydrogen-bond donors (Lipinski definition) is 3. The Labute approximate surface area is 280 Å². The molecule has 0 aromatic rings. The first kappa shape index (κ1) is 44.5. The van der Waals surface area contributed by atoms with Crippen molar-refractivity contribution in [2.24, 2.45) is 0 Å². The SMILES string of the molecule is CCCCC/C=C\C/C=C\CCCCCCCCCCCCCCCC(=O)OCC(O)COP(=O)(O)OCCNC(=O)CCCC. The number of phosphoric ester groups is 1. The lowest BCUT2D eigenvalue weighted by atomic mass is 10.0. The van der Waals surface area contributed by atoms with Crippen molar-refractivity contribution in [2.75, 3.05) is 26.4 Å². The average Bonchev–Trinajstić information content (AvgIpc) is 3.04. The van der Waals surface area contributed by atoms with E-state index in [1.165, 1.54) is 96.3 Å². The van der Waals surface area contributed by atoms with Crippen LogP contribution >= 0.6 is 7.82 Å². The molecule has 0 aliphatic heterocycles. The zero-order valence-corrected chi connectivity index (χ0v) is 30.2. The Morgan fingerprint density at radius 1 is 0.674 bits per heavy atom. The monoisotopic (exact) mass is 673 g/mol. The standard InChI is InChI=1S/C36H68NO8P/c1-3-5-7-8-9-10-11-12-13-14-15-16-17-18-19-20-21-22-23-24-25-26-27-29-36(40)43-32-34(38)33-45-46(41,42)44-31-30-37-35(39)28-6-4-2/h9-10,12-13,34,38H,3-8,11,14-33H2,1-2H3,(H,37,39)(H,41,42)/b10-9-,13-12-. The van der Waals surface area contributed by atoms with E-state index in [1.807, 2.05) is 6.92 Å². The minimum absolute atomic E-state index is 0.0770. The summed E-state index contributed by atoms with van der Waals surface area (Å²) in [5.41, 5.74) is 0. The smallest absolute Gasteiger partial charge is 0.463 e. The van der Waals surface area contributed by atoms with Crippen LogP contribution < -0.4 is 5.32 Å². The maximum atomic E-state index is 11.9. The first-order valence-electron chi connectivity index (χ1n) is 18.3. The number of allylic oxidation sites excluding steroid dienone is 4. The van der Waals surface area contributed by atoms with Crippen molar-refractivity contribution < 1.29 is 37.9 Å². The highest BCUT2D eigenvalue weighted by atomic mass is 31.2. The lowest BCUT2D eigenvalue weighted by molar-refractivity contribution is -0.147. The van der Waals surface area contributed by atoms with Gasteiger partial charge in [0.25, 0.3) is 0 Å². The summed E-state index contributed by atoms with van der Waals surface area (Å²) in [5.74, 6) is -0.552. The number of esters is 1. The highest BCUT2D eigenvalue weighted by Crippen LogP contribution is 2.42. The van der Waals surface area contributed by atoms with Gasteiger partial charge in [0.05, 0.1) is 13.2 Å². The number of carbonyl (C=O) groups excluding carboxylic acids is 2. The summed E-state index contributed by atoms with van der Waals surface area (Å²) in [6.07, 6.45) is 33.7. The Hall–Kier alpha value is -1.51. The van der Waals surface area contributed by atoms with Crippen molar-refractivity contribution >= 4 is 19.7 Å². The number of rotatable bonds is 34. The molecular weight excluding hydrogens is 605 g/mol. The van der Waals surface area contributed by atoms with Crippen molar-refractivity contribution in [3.63, 3.8) is 0 Å². The first-order chi connectivity index (χ1) is 22.3. The van der Waals surface area contributed by atoms with Gasteiger partial charge in [0.2, 0.25) is 5.91 Å². The molecule has 0 aliphatic carbocycles. The second kappa shape index (κ2) is 33.4. The van der Waals surface area contributed by atoms with E-state index in [4.69, 9.17) is 13.8 Å². The minimum atomic E-state index is -4.38. The third-order valence-electron chi connectivity index (χ3n) is 7.63. The number of aliphatic hydroxyl groups excluding tert-OH is 1. The fraction of sp³-hybridized carbons (Fsp3) is 0.833. The van der Waals surface area contributed by atoms with E-state index in [1.54, 1.807) is 0 Å². The maximum Gasteiger partial charge on any atom is 0.472 e. The molecule has 270 valence electrons. The number of aliphatic hydroxyl groups is 1. The highest BCUT2D eigenvalue weighted by Gasteiger charge is 2.23. The van der Waals surface area contributed by atoms with Crippen LogP contribution in [0.4, 0.5) is 0 Å². The summed E-state index contributed by atoms with van der Waals surface area (Å²) in [7, 11) is -4.38. The van der Waals surface area contributed by atoms with E-state index < -0.39 is 26.5 Å². The van der Waals surface area contributed by atoms with Crippen LogP contribution in [-0.4, -0.2) is 54.3 Å². The Kier molecular flexibility index (Phi) is 32.3. The number of hydrogen-bond acceptors (Lipinski definition) is 7. The second-order valence-corrected chi connectivity index (χ2v) is 13.7. The van der Waals surface area contributed by atoms with Gasteiger partial charge < -0.3 is 20.1 Å². The molecular formula is C36H68NO8P. The molecule has 2 unspecified atom stereocenters. The minimum Gasteiger partial charge on any atom is -0.463 e. The van der Waals surface area contributed by atoms with Crippen molar-refractivity contribution in [3.8, 4) is 0 Å². The molecule has 0 rings (SSSR count). The van der Waals surface area contributed by atoms with E-state index in [0.29, 0.717) is 6.42 Å². The fourth-order valence-electron chi connectivity index (χ4n) is 4.80. The van der Waals surface area contributed by atoms with E-state index in [-0.39, 0.29) is 32.1 Å². The number of carbonyl (C=O) groups is 2. The molecule has 46 heavy (non-hydrogen) atoms. The molecule has 0 spiro atoms. The molecule has 0 radical (unpaired) electrons. The van der Waals surface area contributed by atoms with Crippen molar-refractivity contribution in [1.29, 1.82) is 0 Å². The summed E-state index contributed by atoms with van der Waals surface area (Å²) in [5, 5.41) is 12.5. The molecule has 0 saturated carbocycles. The lowest BCUT2D eigenvalue weighted by Gasteiger charge is -2.15. The average molecular weight is 674 g/mol. The van der Waals surface area contributed by atoms with Crippen LogP contribution in [0.25, 0.3) is 0 Å². The molecule has 0 saturated heterocycles. The molecule has 0 heterocycles. The van der Waals surface area contributed by atoms with Crippen LogP contribution in [0.3, 0.4) is 0 Å². The Bertz CT molecular complexity index is 820. The molecule has 0 bridgehead atoms. The predicted molar refractivity (Wildman–Crippen MR) is 188 cm³/mol. The summed E-state index contributed by atoms with van der Waals surface area (Å²) in [4.78, 5) is 33.1. The van der Waals surface area contributed by atoms with E-state index in [2.05, 4.69) is 36.5 Å². The van der Waals surface area contributed by atoms with Gasteiger partial charge in [-0.1, -0.05) is 128 Å². The van der Waals surface area contributed by atoms with Gasteiger partial charge in [-0.15, -0.1) is 0 Å². The van der Waals surface area contributed by atoms with Gasteiger partial charge >= 0.3 is 13.8 Å². The van der Waals surface area contributed by atoms with Crippen LogP contribution in [0.5, 0.6) is 0 Å². The van der Waals surface area contributed by atoms with E-state index in [9.17, 15) is 24.2 Å². The number of amides is 1. The van der Waals surface area contributed by atoms with Gasteiger partial charge in [-0.05, 0) is 44.9 Å². The predicted octanol–water partition coefficient (Wildman–Crippen LogP) is 9.26. The van der Waals surface area contributed by atoms with Gasteiger partial charge in [-0.2, -0.15) is 0 Å². The molecule has 0 aromatic carbocycles. The molecule has 10 heteroatoms. The van der Waals surface area contributed by atoms with E-state index >= 15 is 0 Å². The molecule has 1 amide bonds. The van der Waals surface area contributed by atoms with Crippen molar-refractivity contribution in [1.82, 2.24) is 5.32 Å². The van der Waals surface area contributed by atoms with Crippen LogP contribution in [-0.2, 0) is 27.9 Å². The number of nitrogens with one attached hydrogen (secondary N) is 1. The molecule has 2 atom stereocenters. The Balaban J connectivity index is 3.49. The third-order valence-corrected chi connectivity index (χ3v) is 8.62. The number of unbranched alkanes of at least 4 members (excludes halogenated alkanes) is 17. The van der Waals surface area contributed by atoms with Gasteiger partial charge in [-0.3, -0.25) is 18.6 Å². The molecule has 9 nitrogen and oxygen atoms in total. The van der Waals surface area contributed by atoms with Crippen LogP contribution in [0.1, 0.15) is 162 Å². The summed E-state index contributed by atoms with van der Waals surface area (Å²) < 4.78 is 26.4. The fourth-order valence-corrected chi connectivity index (χ4v) is 5.56. The van der Waals surface area contributed by atoms with Crippen molar-refractivity contribution in [3.05, 3.63) is 24.3 Å². The molecule has 3 N–H and O–H groups in total.